The van der Waals surface area contributed by atoms with E-state index in [4.69, 9.17) is 0 Å². The number of nitrogens with one attached hydrogen (secondary N) is 1. The Kier molecular flexibility index (Phi) is 4.39. The van der Waals surface area contributed by atoms with E-state index in [-0.39, 0.29) is 4.90 Å². The lowest BCUT2D eigenvalue weighted by Crippen LogP contribution is -2.10. The quantitative estimate of drug-likeness (QED) is 0.916. The zero-order valence-corrected chi connectivity index (χ0v) is 13.3. The van der Waals surface area contributed by atoms with Crippen molar-refractivity contribution in [3.05, 3.63) is 33.9 Å². The summed E-state index contributed by atoms with van der Waals surface area (Å²) < 4.78 is 23.3. The van der Waals surface area contributed by atoms with Crippen LogP contribution in [0.5, 0.6) is 0 Å². The molecule has 1 N–H and O–H groups in total. The van der Waals surface area contributed by atoms with Crippen LogP contribution in [0.25, 0.3) is 0 Å². The van der Waals surface area contributed by atoms with Crippen LogP contribution in [0.2, 0.25) is 0 Å². The summed E-state index contributed by atoms with van der Waals surface area (Å²) in [5, 5.41) is 4.14. The largest absolute Gasteiger partial charge is 0.369 e. The van der Waals surface area contributed by atoms with Gasteiger partial charge in [0.05, 0.1) is 10.7 Å². The highest BCUT2D eigenvalue weighted by Crippen LogP contribution is 2.20. The van der Waals surface area contributed by atoms with Gasteiger partial charge < -0.3 is 5.32 Å². The van der Waals surface area contributed by atoms with E-state index in [0.29, 0.717) is 12.4 Å². The Morgan fingerprint density at radius 3 is 2.70 bits per heavy atom. The zero-order valence-electron chi connectivity index (χ0n) is 11.7. The van der Waals surface area contributed by atoms with Crippen LogP contribution in [0, 0.1) is 13.8 Å². The van der Waals surface area contributed by atoms with Crippen LogP contribution < -0.4 is 5.32 Å². The number of sulfone groups is 1. The summed E-state index contributed by atoms with van der Waals surface area (Å²) in [5.74, 6) is 0.411. The van der Waals surface area contributed by atoms with Crippen LogP contribution in [0.3, 0.4) is 0 Å². The van der Waals surface area contributed by atoms with Gasteiger partial charge in [-0.1, -0.05) is 0 Å². The van der Waals surface area contributed by atoms with E-state index < -0.39 is 9.84 Å². The minimum atomic E-state index is -3.27. The molecule has 2 rings (SSSR count). The summed E-state index contributed by atoms with van der Waals surface area (Å²) in [6.45, 7) is 4.60. The lowest BCUT2D eigenvalue weighted by atomic mass is 10.3. The van der Waals surface area contributed by atoms with Gasteiger partial charge in [0.2, 0.25) is 0 Å². The summed E-state index contributed by atoms with van der Waals surface area (Å²) in [4.78, 5) is 9.92. The molecule has 2 heterocycles. The van der Waals surface area contributed by atoms with E-state index in [9.17, 15) is 8.42 Å². The Labute approximate surface area is 123 Å². The lowest BCUT2D eigenvalue weighted by Gasteiger charge is -2.08. The van der Waals surface area contributed by atoms with Crippen LogP contribution in [-0.2, 0) is 16.3 Å². The van der Waals surface area contributed by atoms with Gasteiger partial charge in [-0.05, 0) is 26.0 Å². The Morgan fingerprint density at radius 1 is 1.35 bits per heavy atom. The third kappa shape index (κ3) is 3.55. The Hall–Kier alpha value is -1.47. The molecule has 0 radical (unpaired) electrons. The molecule has 0 unspecified atom stereocenters. The van der Waals surface area contributed by atoms with Gasteiger partial charge in [-0.15, -0.1) is 11.3 Å². The third-order valence-corrected chi connectivity index (χ3v) is 5.08. The third-order valence-electron chi connectivity index (χ3n) is 2.81. The molecular formula is C13H17N3O2S2. The van der Waals surface area contributed by atoms with Gasteiger partial charge >= 0.3 is 0 Å². The maximum Gasteiger partial charge on any atom is 0.179 e. The number of nitrogens with zero attached hydrogens (tertiary/aromatic N) is 2. The summed E-state index contributed by atoms with van der Waals surface area (Å²) >= 11 is 1.67. The van der Waals surface area contributed by atoms with E-state index in [2.05, 4.69) is 15.3 Å². The van der Waals surface area contributed by atoms with Gasteiger partial charge in [-0.3, -0.25) is 0 Å². The molecule has 0 aliphatic heterocycles. The second kappa shape index (κ2) is 5.88. The lowest BCUT2D eigenvalue weighted by molar-refractivity contribution is 0.602. The second-order valence-electron chi connectivity index (χ2n) is 4.54. The number of thiazole rings is 1. The molecule has 7 heteroatoms. The fraction of sp³-hybridized carbons (Fsp3) is 0.385. The number of aromatic nitrogens is 2. The summed E-state index contributed by atoms with van der Waals surface area (Å²) in [7, 11) is -3.27. The molecular weight excluding hydrogens is 294 g/mol. The molecule has 0 spiro atoms. The molecule has 0 saturated heterocycles. The smallest absolute Gasteiger partial charge is 0.179 e. The average molecular weight is 311 g/mol. The van der Waals surface area contributed by atoms with Crippen molar-refractivity contribution < 1.29 is 8.42 Å². The maximum atomic E-state index is 11.7. The molecule has 0 aromatic carbocycles. The highest BCUT2D eigenvalue weighted by molar-refractivity contribution is 7.90. The van der Waals surface area contributed by atoms with Crippen LogP contribution in [0.1, 0.15) is 15.6 Å². The fourth-order valence-corrected chi connectivity index (χ4v) is 3.66. The SMILES string of the molecule is Cc1nc(C)c(CCNc2ncccc2S(C)(=O)=O)s1. The van der Waals surface area contributed by atoms with Crippen LogP contribution >= 0.6 is 11.3 Å². The topological polar surface area (TPSA) is 72.0 Å². The first kappa shape index (κ1) is 14.9. The van der Waals surface area contributed by atoms with Gasteiger partial charge in [0.25, 0.3) is 0 Å². The normalized spacial score (nSPS) is 11.6. The van der Waals surface area contributed by atoms with Gasteiger partial charge in [-0.2, -0.15) is 0 Å². The van der Waals surface area contributed by atoms with E-state index in [1.165, 1.54) is 11.1 Å². The van der Waals surface area contributed by atoms with Gasteiger partial charge in [0.1, 0.15) is 10.7 Å². The van der Waals surface area contributed by atoms with Gasteiger partial charge in [0, 0.05) is 30.3 Å². The van der Waals surface area contributed by atoms with Crippen molar-refractivity contribution in [3.8, 4) is 0 Å². The molecule has 0 saturated carbocycles. The Morgan fingerprint density at radius 2 is 2.10 bits per heavy atom. The average Bonchev–Trinajstić information content (AvgIpc) is 2.67. The maximum absolute atomic E-state index is 11.7. The summed E-state index contributed by atoms with van der Waals surface area (Å²) in [6, 6.07) is 3.19. The molecule has 0 bridgehead atoms. The molecule has 0 aliphatic carbocycles. The monoisotopic (exact) mass is 311 g/mol. The number of rotatable bonds is 5. The van der Waals surface area contributed by atoms with Crippen LogP contribution in [-0.4, -0.2) is 31.2 Å². The van der Waals surface area contributed by atoms with Gasteiger partial charge in [-0.25, -0.2) is 18.4 Å². The number of hydrogen-bond acceptors (Lipinski definition) is 6. The van der Waals surface area contributed by atoms with E-state index in [0.717, 1.165) is 17.1 Å². The highest BCUT2D eigenvalue weighted by Gasteiger charge is 2.13. The molecule has 0 fully saturated rings. The summed E-state index contributed by atoms with van der Waals surface area (Å²) in [5.41, 5.74) is 1.04. The second-order valence-corrected chi connectivity index (χ2v) is 7.81. The van der Waals surface area contributed by atoms with Gasteiger partial charge in [0.15, 0.2) is 9.84 Å². The molecule has 0 amide bonds. The molecule has 20 heavy (non-hydrogen) atoms. The first-order chi connectivity index (χ1) is 9.38. The zero-order chi connectivity index (χ0) is 14.8. The standard InChI is InChI=1S/C13H17N3O2S2/c1-9-11(19-10(2)16-9)6-8-15-13-12(20(3,17)18)5-4-7-14-13/h4-5,7H,6,8H2,1-3H3,(H,14,15). The number of hydrogen-bond donors (Lipinski definition) is 1. The van der Waals surface area contributed by atoms with Crippen molar-refractivity contribution in [2.75, 3.05) is 18.1 Å². The van der Waals surface area contributed by atoms with E-state index >= 15 is 0 Å². The van der Waals surface area contributed by atoms with Crippen molar-refractivity contribution in [2.45, 2.75) is 25.2 Å². The van der Waals surface area contributed by atoms with Crippen molar-refractivity contribution in [1.82, 2.24) is 9.97 Å². The summed E-state index contributed by atoms with van der Waals surface area (Å²) in [6.07, 6.45) is 3.57. The number of anilines is 1. The van der Waals surface area contributed by atoms with Crippen LogP contribution in [0.15, 0.2) is 23.2 Å². The first-order valence-corrected chi connectivity index (χ1v) is 8.90. The number of pyridine rings is 1. The molecule has 0 atom stereocenters. The predicted molar refractivity (Wildman–Crippen MR) is 81.1 cm³/mol. The van der Waals surface area contributed by atoms with E-state index in [1.807, 2.05) is 13.8 Å². The van der Waals surface area contributed by atoms with Crippen molar-refractivity contribution >= 4 is 27.0 Å². The number of aryl methyl sites for hydroxylation is 2. The Balaban J connectivity index is 2.07. The van der Waals surface area contributed by atoms with Crippen molar-refractivity contribution in [1.29, 1.82) is 0 Å². The van der Waals surface area contributed by atoms with Crippen LogP contribution in [0.4, 0.5) is 5.82 Å². The van der Waals surface area contributed by atoms with Crippen molar-refractivity contribution in [2.24, 2.45) is 0 Å². The molecule has 0 aliphatic rings. The predicted octanol–water partition coefficient (Wildman–Crippen LogP) is 2.21. The fourth-order valence-electron chi connectivity index (χ4n) is 1.92. The molecule has 2 aromatic heterocycles. The van der Waals surface area contributed by atoms with E-state index in [1.54, 1.807) is 29.7 Å². The molecule has 5 nitrogen and oxygen atoms in total. The molecule has 108 valence electrons. The minimum Gasteiger partial charge on any atom is -0.369 e. The first-order valence-electron chi connectivity index (χ1n) is 6.20. The minimum absolute atomic E-state index is 0.234. The van der Waals surface area contributed by atoms with Crippen molar-refractivity contribution in [3.63, 3.8) is 0 Å². The highest BCUT2D eigenvalue weighted by atomic mass is 32.2. The Bertz CT molecular complexity index is 708. The molecule has 2 aromatic rings.